The molecule has 2 aromatic carbocycles. The van der Waals surface area contributed by atoms with Gasteiger partial charge in [-0.15, -0.1) is 0 Å². The summed E-state index contributed by atoms with van der Waals surface area (Å²) in [5, 5.41) is 11.6. The maximum atomic E-state index is 12.9. The molecule has 1 aliphatic rings. The van der Waals surface area contributed by atoms with Crippen molar-refractivity contribution in [2.45, 2.75) is 39.5 Å². The second kappa shape index (κ2) is 14.2. The highest BCUT2D eigenvalue weighted by Crippen LogP contribution is 2.35. The van der Waals surface area contributed by atoms with E-state index in [1.165, 1.54) is 0 Å². The number of aromatic nitrogens is 1. The van der Waals surface area contributed by atoms with Crippen molar-refractivity contribution in [2.75, 3.05) is 64.8 Å². The van der Waals surface area contributed by atoms with Crippen LogP contribution in [0.4, 0.5) is 11.4 Å². The standard InChI is InChI=1S/C32H44N6O3/c1-5-36(30(40)23-35(3)4)16-8-6-7-15-29(39)38-19-17-37(18-20-38)28-14-10-13-27-31(28)26(32(41)34-27)22-33-25-12-9-11-24(2)21-25/h9-14,21-22,34,41H,5-8,15-20,23H2,1-4H3. The Morgan fingerprint density at radius 3 is 2.51 bits per heavy atom. The summed E-state index contributed by atoms with van der Waals surface area (Å²) in [6, 6.07) is 14.0. The molecule has 3 aromatic rings. The van der Waals surface area contributed by atoms with Gasteiger partial charge in [0, 0.05) is 63.0 Å². The minimum atomic E-state index is 0.0989. The molecule has 2 N–H and O–H groups in total. The zero-order chi connectivity index (χ0) is 29.4. The van der Waals surface area contributed by atoms with Crippen LogP contribution < -0.4 is 4.90 Å². The third kappa shape index (κ3) is 7.88. The number of piperazine rings is 1. The van der Waals surface area contributed by atoms with Crippen molar-refractivity contribution < 1.29 is 14.7 Å². The second-order valence-corrected chi connectivity index (χ2v) is 11.1. The maximum Gasteiger partial charge on any atom is 0.236 e. The lowest BCUT2D eigenvalue weighted by atomic mass is 10.1. The van der Waals surface area contributed by atoms with Crippen molar-refractivity contribution in [1.82, 2.24) is 19.7 Å². The average molecular weight is 561 g/mol. The topological polar surface area (TPSA) is 95.5 Å². The molecule has 1 saturated heterocycles. The van der Waals surface area contributed by atoms with Gasteiger partial charge in [-0.1, -0.05) is 24.6 Å². The molecule has 1 aromatic heterocycles. The van der Waals surface area contributed by atoms with E-state index in [2.05, 4.69) is 20.9 Å². The van der Waals surface area contributed by atoms with Gasteiger partial charge in [0.15, 0.2) is 5.88 Å². The maximum absolute atomic E-state index is 12.9. The Hall–Kier alpha value is -3.85. The number of carbonyl (C=O) groups is 2. The van der Waals surface area contributed by atoms with E-state index in [-0.39, 0.29) is 17.7 Å². The molecule has 1 fully saturated rings. The molecule has 2 amide bonds. The van der Waals surface area contributed by atoms with Crippen LogP contribution >= 0.6 is 0 Å². The van der Waals surface area contributed by atoms with Gasteiger partial charge in [0.05, 0.1) is 23.3 Å². The van der Waals surface area contributed by atoms with Crippen molar-refractivity contribution in [1.29, 1.82) is 0 Å². The number of carbonyl (C=O) groups excluding carboxylic acids is 2. The van der Waals surface area contributed by atoms with E-state index < -0.39 is 0 Å². The average Bonchev–Trinajstić information content (AvgIpc) is 3.28. The summed E-state index contributed by atoms with van der Waals surface area (Å²) in [4.78, 5) is 41.0. The molecule has 0 aliphatic carbocycles. The molecule has 1 aliphatic heterocycles. The van der Waals surface area contributed by atoms with E-state index in [1.54, 1.807) is 6.21 Å². The number of likely N-dealkylation sites (N-methyl/N-ethyl adjacent to an activating group) is 2. The number of aryl methyl sites for hydroxylation is 1. The minimum Gasteiger partial charge on any atom is -0.494 e. The third-order valence-electron chi connectivity index (χ3n) is 7.64. The normalized spacial score (nSPS) is 14.0. The molecule has 0 bridgehead atoms. The molecule has 9 heteroatoms. The van der Waals surface area contributed by atoms with Crippen LogP contribution in [-0.4, -0.2) is 103 Å². The molecule has 9 nitrogen and oxygen atoms in total. The monoisotopic (exact) mass is 560 g/mol. The lowest BCUT2D eigenvalue weighted by Gasteiger charge is -2.36. The molecule has 0 unspecified atom stereocenters. The third-order valence-corrected chi connectivity index (χ3v) is 7.64. The number of nitrogens with one attached hydrogen (secondary N) is 1. The summed E-state index contributed by atoms with van der Waals surface area (Å²) >= 11 is 0. The summed E-state index contributed by atoms with van der Waals surface area (Å²) in [7, 11) is 3.81. The first-order chi connectivity index (χ1) is 19.8. The number of benzene rings is 2. The first-order valence-corrected chi connectivity index (χ1v) is 14.7. The predicted octanol–water partition coefficient (Wildman–Crippen LogP) is 4.55. The molecule has 0 atom stereocenters. The lowest BCUT2D eigenvalue weighted by molar-refractivity contribution is -0.132. The van der Waals surface area contributed by atoms with Crippen LogP contribution in [0.15, 0.2) is 47.5 Å². The van der Waals surface area contributed by atoms with Crippen LogP contribution in [0.1, 0.15) is 43.7 Å². The Bertz CT molecular complexity index is 1360. The molecule has 41 heavy (non-hydrogen) atoms. The van der Waals surface area contributed by atoms with Gasteiger partial charge in [0.2, 0.25) is 11.8 Å². The minimum absolute atomic E-state index is 0.0989. The first-order valence-electron chi connectivity index (χ1n) is 14.7. The van der Waals surface area contributed by atoms with Crippen LogP contribution in [0.2, 0.25) is 0 Å². The number of unbranched alkanes of at least 4 members (excludes halogenated alkanes) is 2. The van der Waals surface area contributed by atoms with Gasteiger partial charge >= 0.3 is 0 Å². The van der Waals surface area contributed by atoms with E-state index in [1.807, 2.05) is 79.0 Å². The second-order valence-electron chi connectivity index (χ2n) is 11.1. The number of aromatic hydroxyl groups is 1. The Labute approximate surface area is 243 Å². The number of aromatic amines is 1. The fourth-order valence-electron chi connectivity index (χ4n) is 5.42. The summed E-state index contributed by atoms with van der Waals surface area (Å²) in [6.45, 7) is 8.72. The summed E-state index contributed by atoms with van der Waals surface area (Å²) in [5.41, 5.74) is 4.52. The molecule has 220 valence electrons. The largest absolute Gasteiger partial charge is 0.494 e. The Kier molecular flexibility index (Phi) is 10.4. The van der Waals surface area contributed by atoms with Crippen molar-refractivity contribution >= 4 is 40.3 Å². The highest BCUT2D eigenvalue weighted by atomic mass is 16.3. The number of rotatable bonds is 12. The Morgan fingerprint density at radius 2 is 1.80 bits per heavy atom. The fourth-order valence-corrected chi connectivity index (χ4v) is 5.42. The van der Waals surface area contributed by atoms with Gasteiger partial charge in [-0.25, -0.2) is 0 Å². The van der Waals surface area contributed by atoms with Gasteiger partial charge in [-0.05, 0) is 70.6 Å². The zero-order valence-electron chi connectivity index (χ0n) is 24.9. The quantitative estimate of drug-likeness (QED) is 0.250. The molecule has 0 spiro atoms. The number of hydrogen-bond acceptors (Lipinski definition) is 6. The number of aliphatic imine (C=N–C) groups is 1. The fraction of sp³-hybridized carbons (Fsp3) is 0.469. The van der Waals surface area contributed by atoms with Gasteiger partial charge in [0.1, 0.15) is 0 Å². The van der Waals surface area contributed by atoms with Crippen LogP contribution in [0.3, 0.4) is 0 Å². The lowest BCUT2D eigenvalue weighted by Crippen LogP contribution is -2.48. The number of hydrogen-bond donors (Lipinski definition) is 2. The number of nitrogens with zero attached hydrogens (tertiary/aromatic N) is 5. The summed E-state index contributed by atoms with van der Waals surface area (Å²) < 4.78 is 0. The van der Waals surface area contributed by atoms with Crippen molar-refractivity contribution in [3.05, 3.63) is 53.6 Å². The molecule has 0 radical (unpaired) electrons. The zero-order valence-corrected chi connectivity index (χ0v) is 24.9. The van der Waals surface area contributed by atoms with Crippen LogP contribution in [0.5, 0.6) is 5.88 Å². The van der Waals surface area contributed by atoms with Gasteiger partial charge in [-0.2, -0.15) is 0 Å². The number of H-pyrrole nitrogens is 1. The number of anilines is 1. The van der Waals surface area contributed by atoms with E-state index in [0.29, 0.717) is 38.2 Å². The number of amides is 2. The molecule has 2 heterocycles. The predicted molar refractivity (Wildman–Crippen MR) is 166 cm³/mol. The smallest absolute Gasteiger partial charge is 0.236 e. The molecular weight excluding hydrogens is 516 g/mol. The Morgan fingerprint density at radius 1 is 1.05 bits per heavy atom. The van der Waals surface area contributed by atoms with E-state index in [9.17, 15) is 14.7 Å². The van der Waals surface area contributed by atoms with Gasteiger partial charge in [0.25, 0.3) is 0 Å². The molecule has 4 rings (SSSR count). The molecule has 0 saturated carbocycles. The van der Waals surface area contributed by atoms with Crippen LogP contribution in [0, 0.1) is 6.92 Å². The van der Waals surface area contributed by atoms with Crippen molar-refractivity contribution in [3.63, 3.8) is 0 Å². The van der Waals surface area contributed by atoms with E-state index >= 15 is 0 Å². The first kappa shape index (κ1) is 30.1. The summed E-state index contributed by atoms with van der Waals surface area (Å²) in [6.07, 6.45) is 4.95. The van der Waals surface area contributed by atoms with Crippen molar-refractivity contribution in [3.8, 4) is 5.88 Å². The van der Waals surface area contributed by atoms with Crippen molar-refractivity contribution in [2.24, 2.45) is 4.99 Å². The van der Waals surface area contributed by atoms with Gasteiger partial charge in [-0.3, -0.25) is 14.6 Å². The van der Waals surface area contributed by atoms with Crippen LogP contribution in [0.25, 0.3) is 10.9 Å². The summed E-state index contributed by atoms with van der Waals surface area (Å²) in [5.74, 6) is 0.452. The SMILES string of the molecule is CCN(CCCCCC(=O)N1CCN(c2cccc3[nH]c(O)c(C=Nc4cccc(C)c4)c23)CC1)C(=O)CN(C)C. The van der Waals surface area contributed by atoms with E-state index in [4.69, 9.17) is 0 Å². The highest BCUT2D eigenvalue weighted by Gasteiger charge is 2.24. The van der Waals surface area contributed by atoms with Crippen LogP contribution in [-0.2, 0) is 9.59 Å². The van der Waals surface area contributed by atoms with E-state index in [0.717, 1.165) is 66.7 Å². The van der Waals surface area contributed by atoms with Gasteiger partial charge < -0.3 is 29.7 Å². The Balaban J connectivity index is 1.30. The highest BCUT2D eigenvalue weighted by molar-refractivity contribution is 6.08. The molecular formula is C32H44N6O3. The number of fused-ring (bicyclic) bond motifs is 1.